The summed E-state index contributed by atoms with van der Waals surface area (Å²) < 4.78 is 5.23. The number of hydrogen-bond acceptors (Lipinski definition) is 6. The monoisotopic (exact) mass is 529 g/mol. The second kappa shape index (κ2) is 8.81. The van der Waals surface area contributed by atoms with Gasteiger partial charge in [-0.15, -0.1) is 0 Å². The van der Waals surface area contributed by atoms with Gasteiger partial charge < -0.3 is 9.84 Å². The van der Waals surface area contributed by atoms with E-state index in [4.69, 9.17) is 16.3 Å². The fourth-order valence-electron chi connectivity index (χ4n) is 6.48. The highest BCUT2D eigenvalue weighted by molar-refractivity contribution is 6.31. The highest BCUT2D eigenvalue weighted by Crippen LogP contribution is 2.56. The van der Waals surface area contributed by atoms with Crippen LogP contribution in [0.5, 0.6) is 11.5 Å². The summed E-state index contributed by atoms with van der Waals surface area (Å²) in [4.78, 5) is 55.2. The number of aromatic hydroxyl groups is 1. The molecule has 0 aromatic heterocycles. The number of phenolic OH excluding ortho intramolecular Hbond substituents is 1. The number of amides is 2. The van der Waals surface area contributed by atoms with Crippen LogP contribution in [0.4, 0.5) is 5.69 Å². The normalized spacial score (nSPS) is 26.6. The zero-order valence-corrected chi connectivity index (χ0v) is 21.5. The number of carbonyl (C=O) groups is 4. The summed E-state index contributed by atoms with van der Waals surface area (Å²) in [7, 11) is 1.49. The van der Waals surface area contributed by atoms with E-state index in [9.17, 15) is 24.3 Å². The van der Waals surface area contributed by atoms with E-state index in [1.54, 1.807) is 43.3 Å². The first kappa shape index (κ1) is 24.4. The Morgan fingerprint density at radius 1 is 1.00 bits per heavy atom. The number of carbonyl (C=O) groups excluding carboxylic acids is 4. The molecule has 0 unspecified atom stereocenters. The fourth-order valence-corrected chi connectivity index (χ4v) is 6.60. The molecule has 2 aromatic rings. The zero-order valence-electron chi connectivity index (χ0n) is 20.7. The third-order valence-corrected chi connectivity index (χ3v) is 8.45. The first-order valence-corrected chi connectivity index (χ1v) is 12.8. The number of rotatable bonds is 3. The summed E-state index contributed by atoms with van der Waals surface area (Å²) in [6.07, 6.45) is 3.76. The molecule has 1 fully saturated rings. The van der Waals surface area contributed by atoms with Crippen molar-refractivity contribution in [2.24, 2.45) is 17.8 Å². The first-order chi connectivity index (χ1) is 18.2. The van der Waals surface area contributed by atoms with E-state index in [0.717, 1.165) is 5.57 Å². The number of nitrogens with zero attached hydrogens (tertiary/aromatic N) is 1. The number of methoxy groups -OCH3 is 1. The lowest BCUT2D eigenvalue weighted by Crippen LogP contribution is -2.39. The van der Waals surface area contributed by atoms with Crippen molar-refractivity contribution >= 4 is 40.7 Å². The van der Waals surface area contributed by atoms with E-state index in [-0.39, 0.29) is 35.6 Å². The van der Waals surface area contributed by atoms with E-state index in [0.29, 0.717) is 45.2 Å². The van der Waals surface area contributed by atoms with E-state index in [1.165, 1.54) is 24.2 Å². The lowest BCUT2D eigenvalue weighted by molar-refractivity contribution is -0.123. The quantitative estimate of drug-likeness (QED) is 0.352. The van der Waals surface area contributed by atoms with Crippen LogP contribution in [0.15, 0.2) is 76.9 Å². The number of ether oxygens (including phenoxy) is 1. The van der Waals surface area contributed by atoms with Crippen molar-refractivity contribution in [2.45, 2.75) is 25.7 Å². The van der Waals surface area contributed by atoms with E-state index in [2.05, 4.69) is 0 Å². The molecule has 4 aliphatic rings. The molecule has 1 saturated heterocycles. The smallest absolute Gasteiger partial charge is 0.238 e. The average Bonchev–Trinajstić information content (AvgIpc) is 3.16. The molecule has 8 heteroatoms. The summed E-state index contributed by atoms with van der Waals surface area (Å²) in [6.45, 7) is 1.60. The van der Waals surface area contributed by atoms with E-state index in [1.807, 2.05) is 6.08 Å². The molecule has 0 saturated carbocycles. The van der Waals surface area contributed by atoms with Crippen molar-refractivity contribution in [2.75, 3.05) is 12.0 Å². The molecule has 4 atom stereocenters. The molecule has 7 nitrogen and oxygen atoms in total. The van der Waals surface area contributed by atoms with Crippen molar-refractivity contribution in [3.63, 3.8) is 0 Å². The Bertz CT molecular complexity index is 1530. The number of hydrogen-bond donors (Lipinski definition) is 1. The maximum absolute atomic E-state index is 13.9. The molecule has 0 radical (unpaired) electrons. The fraction of sp³-hybridized carbons (Fsp3) is 0.267. The topological polar surface area (TPSA) is 101 Å². The van der Waals surface area contributed by atoms with Gasteiger partial charge >= 0.3 is 0 Å². The number of imide groups is 1. The summed E-state index contributed by atoms with van der Waals surface area (Å²) in [5.74, 6) is -3.24. The number of fused-ring (bicyclic) bond motifs is 3. The van der Waals surface area contributed by atoms with Crippen LogP contribution in [0.1, 0.15) is 31.2 Å². The van der Waals surface area contributed by atoms with Gasteiger partial charge in [-0.25, -0.2) is 0 Å². The van der Waals surface area contributed by atoms with Crippen LogP contribution in [0.3, 0.4) is 0 Å². The number of ketones is 2. The minimum absolute atomic E-state index is 0.0759. The molecular formula is C30H24ClNO6. The summed E-state index contributed by atoms with van der Waals surface area (Å²) in [5, 5.41) is 11.5. The van der Waals surface area contributed by atoms with Gasteiger partial charge in [0.2, 0.25) is 11.8 Å². The SMILES string of the molecule is COc1ccc([C@H]2C3=CC[C@@H]4C(=O)N(c5ccc(Cl)cc5)C(=O)[C@@H]4[C@@H]3CC3=C2C(=O)C=C(C)C3=O)c(O)c1. The zero-order chi connectivity index (χ0) is 26.9. The van der Waals surface area contributed by atoms with Crippen molar-refractivity contribution in [3.8, 4) is 11.5 Å². The van der Waals surface area contributed by atoms with Crippen molar-refractivity contribution < 1.29 is 29.0 Å². The maximum atomic E-state index is 13.9. The molecule has 2 aromatic carbocycles. The van der Waals surface area contributed by atoms with Gasteiger partial charge in [0.05, 0.1) is 24.6 Å². The van der Waals surface area contributed by atoms with Crippen LogP contribution in [-0.4, -0.2) is 35.6 Å². The molecule has 192 valence electrons. The van der Waals surface area contributed by atoms with Gasteiger partial charge in [-0.05, 0) is 62.1 Å². The summed E-state index contributed by atoms with van der Waals surface area (Å²) >= 11 is 6.02. The Morgan fingerprint density at radius 2 is 1.74 bits per heavy atom. The van der Waals surface area contributed by atoms with E-state index < -0.39 is 23.7 Å². The molecule has 0 spiro atoms. The standard InChI is InChI=1S/C30H24ClNO6/c1-14-11-24(34)27-22(28(14)35)13-21-18(25(27)19-8-7-17(38-2)12-23(19)33)9-10-20-26(21)30(37)32(29(20)36)16-5-3-15(31)4-6-16/h3-9,11-12,20-21,25-26,33H,10,13H2,1-2H3/t20-,21+,25+,26-/m0/s1. The molecular weight excluding hydrogens is 506 g/mol. The highest BCUT2D eigenvalue weighted by atomic mass is 35.5. The van der Waals surface area contributed by atoms with Crippen LogP contribution in [0.25, 0.3) is 0 Å². The predicted octanol–water partition coefficient (Wildman–Crippen LogP) is 4.69. The second-order valence-corrected chi connectivity index (χ2v) is 10.6. The van der Waals surface area contributed by atoms with Crippen molar-refractivity contribution in [1.29, 1.82) is 0 Å². The maximum Gasteiger partial charge on any atom is 0.238 e. The Hall–Kier alpha value is -3.97. The number of allylic oxidation sites excluding steroid dienone is 6. The molecule has 0 bridgehead atoms. The minimum Gasteiger partial charge on any atom is -0.507 e. The molecule has 38 heavy (non-hydrogen) atoms. The predicted molar refractivity (Wildman–Crippen MR) is 140 cm³/mol. The Kier molecular flexibility index (Phi) is 5.65. The average molecular weight is 530 g/mol. The number of halogens is 1. The minimum atomic E-state index is -0.719. The lowest BCUT2D eigenvalue weighted by Gasteiger charge is -2.42. The van der Waals surface area contributed by atoms with E-state index >= 15 is 0 Å². The van der Waals surface area contributed by atoms with Crippen LogP contribution < -0.4 is 9.64 Å². The highest BCUT2D eigenvalue weighted by Gasteiger charge is 2.56. The van der Waals surface area contributed by atoms with Gasteiger partial charge in [0.25, 0.3) is 0 Å². The molecule has 2 amide bonds. The Labute approximate surface area is 224 Å². The van der Waals surface area contributed by atoms with Gasteiger partial charge in [0.1, 0.15) is 11.5 Å². The van der Waals surface area contributed by atoms with Crippen LogP contribution in [0.2, 0.25) is 5.02 Å². The summed E-state index contributed by atoms with van der Waals surface area (Å²) in [6, 6.07) is 11.4. The number of phenols is 1. The largest absolute Gasteiger partial charge is 0.507 e. The lowest BCUT2D eigenvalue weighted by atomic mass is 9.59. The molecule has 1 N–H and O–H groups in total. The number of anilines is 1. The van der Waals surface area contributed by atoms with Crippen LogP contribution in [-0.2, 0) is 19.2 Å². The molecule has 6 rings (SSSR count). The number of Topliss-reactive ketones (excluding diaryl/α,β-unsaturated/α-hetero) is 1. The van der Waals surface area contributed by atoms with Gasteiger partial charge in [0.15, 0.2) is 11.6 Å². The van der Waals surface area contributed by atoms with Gasteiger partial charge in [0, 0.05) is 39.3 Å². The second-order valence-electron chi connectivity index (χ2n) is 10.1. The van der Waals surface area contributed by atoms with Gasteiger partial charge in [-0.1, -0.05) is 29.3 Å². The van der Waals surface area contributed by atoms with Gasteiger partial charge in [-0.3, -0.25) is 24.1 Å². The van der Waals surface area contributed by atoms with Crippen molar-refractivity contribution in [3.05, 3.63) is 87.5 Å². The van der Waals surface area contributed by atoms with Crippen LogP contribution in [0, 0.1) is 17.8 Å². The summed E-state index contributed by atoms with van der Waals surface area (Å²) in [5.41, 5.74) is 2.69. The molecule has 1 aliphatic heterocycles. The van der Waals surface area contributed by atoms with Crippen LogP contribution >= 0.6 is 11.6 Å². The molecule has 1 heterocycles. The third-order valence-electron chi connectivity index (χ3n) is 8.20. The Morgan fingerprint density at radius 3 is 2.42 bits per heavy atom. The van der Waals surface area contributed by atoms with Gasteiger partial charge in [-0.2, -0.15) is 0 Å². The third kappa shape index (κ3) is 3.49. The number of benzene rings is 2. The first-order valence-electron chi connectivity index (χ1n) is 12.4. The van der Waals surface area contributed by atoms with Crippen molar-refractivity contribution in [1.82, 2.24) is 0 Å². The molecule has 3 aliphatic carbocycles. The Balaban J connectivity index is 1.49.